The van der Waals surface area contributed by atoms with E-state index in [1.54, 1.807) is 7.11 Å². The fourth-order valence-corrected chi connectivity index (χ4v) is 4.51. The number of methoxy groups -OCH3 is 1. The van der Waals surface area contributed by atoms with E-state index in [9.17, 15) is 4.79 Å². The monoisotopic (exact) mass is 344 g/mol. The number of hydrogen-bond acceptors (Lipinski definition) is 3. The van der Waals surface area contributed by atoms with Crippen molar-refractivity contribution in [2.75, 3.05) is 39.9 Å². The second-order valence-corrected chi connectivity index (χ2v) is 7.90. The Morgan fingerprint density at radius 2 is 2.04 bits per heavy atom. The zero-order chi connectivity index (χ0) is 17.7. The van der Waals surface area contributed by atoms with E-state index in [-0.39, 0.29) is 0 Å². The van der Waals surface area contributed by atoms with E-state index in [1.165, 1.54) is 30.5 Å². The van der Waals surface area contributed by atoms with Crippen molar-refractivity contribution in [3.8, 4) is 0 Å². The van der Waals surface area contributed by atoms with Gasteiger partial charge in [0.2, 0.25) is 5.91 Å². The Labute approximate surface area is 152 Å². The number of ether oxygens (including phenoxy) is 1. The molecular weight excluding hydrogens is 312 g/mol. The predicted molar refractivity (Wildman–Crippen MR) is 100 cm³/mol. The predicted octanol–water partition coefficient (Wildman–Crippen LogP) is 3.24. The van der Waals surface area contributed by atoms with Crippen LogP contribution >= 0.6 is 0 Å². The van der Waals surface area contributed by atoms with Crippen molar-refractivity contribution in [1.82, 2.24) is 9.80 Å². The van der Waals surface area contributed by atoms with Crippen LogP contribution in [-0.4, -0.2) is 55.6 Å². The summed E-state index contributed by atoms with van der Waals surface area (Å²) in [7, 11) is 1.73. The van der Waals surface area contributed by atoms with Gasteiger partial charge in [-0.2, -0.15) is 0 Å². The van der Waals surface area contributed by atoms with Gasteiger partial charge in [-0.25, -0.2) is 0 Å². The van der Waals surface area contributed by atoms with Crippen LogP contribution in [0.15, 0.2) is 24.3 Å². The highest BCUT2D eigenvalue weighted by Gasteiger charge is 2.41. The average Bonchev–Trinajstić information content (AvgIpc) is 2.61. The SMILES string of the molecule is COCCCN1C[C@]2(CCCN(Cc3ccccc3C)C2)CCC1=O. The van der Waals surface area contributed by atoms with Crippen molar-refractivity contribution in [3.63, 3.8) is 0 Å². The number of benzene rings is 1. The summed E-state index contributed by atoms with van der Waals surface area (Å²) in [6.07, 6.45) is 5.20. The Morgan fingerprint density at radius 1 is 1.20 bits per heavy atom. The summed E-state index contributed by atoms with van der Waals surface area (Å²) < 4.78 is 5.15. The van der Waals surface area contributed by atoms with Gasteiger partial charge in [0, 0.05) is 51.7 Å². The van der Waals surface area contributed by atoms with Gasteiger partial charge in [0.15, 0.2) is 0 Å². The third-order valence-corrected chi connectivity index (χ3v) is 5.92. The molecule has 1 amide bonds. The molecule has 1 spiro atoms. The Kier molecular flexibility index (Phi) is 6.13. The molecule has 0 aliphatic carbocycles. The first-order valence-corrected chi connectivity index (χ1v) is 9.65. The maximum absolute atomic E-state index is 12.3. The molecule has 2 aliphatic rings. The van der Waals surface area contributed by atoms with Gasteiger partial charge in [-0.15, -0.1) is 0 Å². The number of nitrogens with zero attached hydrogens (tertiary/aromatic N) is 2. The van der Waals surface area contributed by atoms with Crippen LogP contribution in [0.4, 0.5) is 0 Å². The van der Waals surface area contributed by atoms with E-state index in [2.05, 4.69) is 41.0 Å². The lowest BCUT2D eigenvalue weighted by atomic mass is 9.73. The molecule has 1 aromatic carbocycles. The molecule has 2 saturated heterocycles. The molecule has 2 heterocycles. The minimum Gasteiger partial charge on any atom is -0.385 e. The van der Waals surface area contributed by atoms with Crippen molar-refractivity contribution >= 4 is 5.91 Å². The molecular formula is C21H32N2O2. The van der Waals surface area contributed by atoms with Gasteiger partial charge in [-0.05, 0) is 50.3 Å². The zero-order valence-corrected chi connectivity index (χ0v) is 15.8. The molecule has 0 aromatic heterocycles. The highest BCUT2D eigenvalue weighted by atomic mass is 16.5. The summed E-state index contributed by atoms with van der Waals surface area (Å²) in [5.41, 5.74) is 3.10. The molecule has 0 saturated carbocycles. The Bertz CT molecular complexity index is 589. The number of rotatable bonds is 6. The molecule has 0 N–H and O–H groups in total. The number of carbonyl (C=O) groups excluding carboxylic acids is 1. The first kappa shape index (κ1) is 18.4. The van der Waals surface area contributed by atoms with Crippen molar-refractivity contribution in [1.29, 1.82) is 0 Å². The van der Waals surface area contributed by atoms with E-state index in [1.807, 2.05) is 0 Å². The number of amides is 1. The van der Waals surface area contributed by atoms with Crippen molar-refractivity contribution in [2.45, 2.75) is 45.6 Å². The van der Waals surface area contributed by atoms with E-state index in [4.69, 9.17) is 4.74 Å². The van der Waals surface area contributed by atoms with E-state index in [0.717, 1.165) is 45.6 Å². The zero-order valence-electron chi connectivity index (χ0n) is 15.8. The van der Waals surface area contributed by atoms with Crippen LogP contribution in [0.5, 0.6) is 0 Å². The van der Waals surface area contributed by atoms with Crippen molar-refractivity contribution in [2.24, 2.45) is 5.41 Å². The molecule has 1 atom stereocenters. The normalized spacial score (nSPS) is 24.9. The minimum absolute atomic E-state index is 0.294. The second kappa shape index (κ2) is 8.33. The summed E-state index contributed by atoms with van der Waals surface area (Å²) in [5.74, 6) is 0.331. The molecule has 3 rings (SSSR count). The van der Waals surface area contributed by atoms with Gasteiger partial charge in [0.1, 0.15) is 0 Å². The van der Waals surface area contributed by atoms with Gasteiger partial charge >= 0.3 is 0 Å². The summed E-state index contributed by atoms with van der Waals surface area (Å²) in [5, 5.41) is 0. The Balaban J connectivity index is 1.63. The van der Waals surface area contributed by atoms with Gasteiger partial charge in [0.05, 0.1) is 0 Å². The van der Waals surface area contributed by atoms with Crippen molar-refractivity contribution in [3.05, 3.63) is 35.4 Å². The van der Waals surface area contributed by atoms with Crippen LogP contribution < -0.4 is 0 Å². The highest BCUT2D eigenvalue weighted by Crippen LogP contribution is 2.39. The smallest absolute Gasteiger partial charge is 0.222 e. The van der Waals surface area contributed by atoms with Gasteiger partial charge < -0.3 is 9.64 Å². The van der Waals surface area contributed by atoms with Crippen LogP contribution in [0.25, 0.3) is 0 Å². The first-order valence-electron chi connectivity index (χ1n) is 9.65. The minimum atomic E-state index is 0.294. The van der Waals surface area contributed by atoms with E-state index in [0.29, 0.717) is 17.7 Å². The average molecular weight is 344 g/mol. The molecule has 1 aromatic rings. The second-order valence-electron chi connectivity index (χ2n) is 7.90. The van der Waals surface area contributed by atoms with Crippen molar-refractivity contribution < 1.29 is 9.53 Å². The van der Waals surface area contributed by atoms with Crippen LogP contribution in [-0.2, 0) is 16.1 Å². The summed E-state index contributed by atoms with van der Waals surface area (Å²) in [4.78, 5) is 17.0. The number of likely N-dealkylation sites (tertiary alicyclic amines) is 2. The summed E-state index contributed by atoms with van der Waals surface area (Å²) in [6, 6.07) is 8.70. The molecule has 2 aliphatic heterocycles. The maximum atomic E-state index is 12.3. The highest BCUT2D eigenvalue weighted by molar-refractivity contribution is 5.77. The van der Waals surface area contributed by atoms with Gasteiger partial charge in [-0.3, -0.25) is 9.69 Å². The standard InChI is InChI=1S/C21H32N2O2/c1-18-7-3-4-8-19(18)15-22-12-5-10-21(16-22)11-9-20(24)23(17-21)13-6-14-25-2/h3-4,7-8H,5-6,9-17H2,1-2H3/t21-/m1/s1. The largest absolute Gasteiger partial charge is 0.385 e. The molecule has 4 nitrogen and oxygen atoms in total. The molecule has 2 fully saturated rings. The molecule has 0 unspecified atom stereocenters. The third-order valence-electron chi connectivity index (χ3n) is 5.92. The lowest BCUT2D eigenvalue weighted by Gasteiger charge is -2.48. The molecule has 25 heavy (non-hydrogen) atoms. The van der Waals surface area contributed by atoms with E-state index < -0.39 is 0 Å². The van der Waals surface area contributed by atoms with Crippen LogP contribution in [0.1, 0.15) is 43.2 Å². The molecule has 0 radical (unpaired) electrons. The third kappa shape index (κ3) is 4.62. The maximum Gasteiger partial charge on any atom is 0.222 e. The topological polar surface area (TPSA) is 32.8 Å². The Morgan fingerprint density at radius 3 is 2.84 bits per heavy atom. The number of aryl methyl sites for hydroxylation is 1. The number of hydrogen-bond donors (Lipinski definition) is 0. The lowest BCUT2D eigenvalue weighted by Crippen LogP contribution is -2.54. The van der Waals surface area contributed by atoms with Gasteiger partial charge in [-0.1, -0.05) is 24.3 Å². The quantitative estimate of drug-likeness (QED) is 0.743. The fourth-order valence-electron chi connectivity index (χ4n) is 4.51. The van der Waals surface area contributed by atoms with E-state index >= 15 is 0 Å². The summed E-state index contributed by atoms with van der Waals surface area (Å²) >= 11 is 0. The molecule has 138 valence electrons. The Hall–Kier alpha value is -1.39. The molecule has 4 heteroatoms. The van der Waals surface area contributed by atoms with Crippen LogP contribution in [0.2, 0.25) is 0 Å². The lowest BCUT2D eigenvalue weighted by molar-refractivity contribution is -0.139. The van der Waals surface area contributed by atoms with Crippen LogP contribution in [0, 0.1) is 12.3 Å². The fraction of sp³-hybridized carbons (Fsp3) is 0.667. The first-order chi connectivity index (χ1) is 12.1. The number of piperidine rings is 2. The van der Waals surface area contributed by atoms with Gasteiger partial charge in [0.25, 0.3) is 0 Å². The summed E-state index contributed by atoms with van der Waals surface area (Å²) in [6.45, 7) is 8.03. The number of carbonyl (C=O) groups is 1. The van der Waals surface area contributed by atoms with Crippen LogP contribution in [0.3, 0.4) is 0 Å². The molecule has 0 bridgehead atoms.